The Labute approximate surface area is 113 Å². The van der Waals surface area contributed by atoms with Crippen LogP contribution >= 0.6 is 0 Å². The van der Waals surface area contributed by atoms with Crippen molar-refractivity contribution in [3.63, 3.8) is 0 Å². The van der Waals surface area contributed by atoms with E-state index in [1.165, 1.54) is 43.2 Å². The Morgan fingerprint density at radius 2 is 1.83 bits per heavy atom. The van der Waals surface area contributed by atoms with Crippen LogP contribution in [0.25, 0.3) is 0 Å². The van der Waals surface area contributed by atoms with E-state index in [9.17, 15) is 0 Å². The van der Waals surface area contributed by atoms with Gasteiger partial charge in [0.25, 0.3) is 0 Å². The van der Waals surface area contributed by atoms with Gasteiger partial charge in [0.15, 0.2) is 0 Å². The van der Waals surface area contributed by atoms with Crippen LogP contribution in [0.3, 0.4) is 0 Å². The summed E-state index contributed by atoms with van der Waals surface area (Å²) in [6.45, 7) is 9.11. The number of hydrogen-bond donors (Lipinski definition) is 0. The van der Waals surface area contributed by atoms with Gasteiger partial charge in [0.2, 0.25) is 8.32 Å². The van der Waals surface area contributed by atoms with E-state index in [0.717, 1.165) is 0 Å². The van der Waals surface area contributed by atoms with Crippen molar-refractivity contribution < 1.29 is 9.16 Å². The number of unbranched alkanes of at least 4 members (excludes halogenated alkanes) is 1. The van der Waals surface area contributed by atoms with Gasteiger partial charge in [-0.25, -0.2) is 0 Å². The molecule has 3 atom stereocenters. The smallest absolute Gasteiger partial charge is 0.250 e. The second-order valence-corrected chi connectivity index (χ2v) is 10.4. The highest BCUT2D eigenvalue weighted by Gasteiger charge is 2.53. The summed E-state index contributed by atoms with van der Waals surface area (Å²) < 4.78 is 12.3. The average molecular weight is 268 g/mol. The van der Waals surface area contributed by atoms with Crippen LogP contribution in [0, 0.1) is 5.92 Å². The molecular weight excluding hydrogens is 240 g/mol. The Bertz CT molecular complexity index is 301. The molecular formula is C15H28O2Si. The van der Waals surface area contributed by atoms with Crippen molar-refractivity contribution in [3.05, 3.63) is 11.8 Å². The number of rotatable bonds is 8. The van der Waals surface area contributed by atoms with Gasteiger partial charge in [-0.1, -0.05) is 40.5 Å². The molecule has 0 bridgehead atoms. The quantitative estimate of drug-likeness (QED) is 0.478. The van der Waals surface area contributed by atoms with Crippen LogP contribution in [-0.4, -0.2) is 20.5 Å². The van der Waals surface area contributed by atoms with Crippen molar-refractivity contribution >= 4 is 8.32 Å². The maximum atomic E-state index is 6.49. The molecule has 1 saturated heterocycles. The average Bonchev–Trinajstić information content (AvgIpc) is 3.13. The minimum atomic E-state index is -1.51. The van der Waals surface area contributed by atoms with Crippen LogP contribution in [0.1, 0.15) is 47.0 Å². The lowest BCUT2D eigenvalue weighted by molar-refractivity contribution is 0.279. The van der Waals surface area contributed by atoms with Crippen LogP contribution in [0.5, 0.6) is 0 Å². The molecule has 1 fully saturated rings. The number of ether oxygens (including phenoxy) is 1. The van der Waals surface area contributed by atoms with Crippen LogP contribution in [0.2, 0.25) is 18.1 Å². The topological polar surface area (TPSA) is 21.8 Å². The highest BCUT2D eigenvalue weighted by Crippen LogP contribution is 2.46. The van der Waals surface area contributed by atoms with Gasteiger partial charge in [0.1, 0.15) is 11.9 Å². The van der Waals surface area contributed by atoms with Gasteiger partial charge in [-0.05, 0) is 30.6 Å². The molecule has 1 heterocycles. The number of epoxide rings is 1. The zero-order valence-electron chi connectivity index (χ0n) is 12.4. The summed E-state index contributed by atoms with van der Waals surface area (Å²) in [6, 6.07) is 3.65. The fraction of sp³-hybridized carbons (Fsp3) is 0.867. The molecule has 1 aliphatic heterocycles. The van der Waals surface area contributed by atoms with E-state index < -0.39 is 8.32 Å². The number of hydrogen-bond acceptors (Lipinski definition) is 2. The molecule has 2 aliphatic rings. The lowest BCUT2D eigenvalue weighted by Crippen LogP contribution is -2.36. The molecule has 0 aromatic carbocycles. The fourth-order valence-corrected chi connectivity index (χ4v) is 5.69. The van der Waals surface area contributed by atoms with Gasteiger partial charge < -0.3 is 9.16 Å². The van der Waals surface area contributed by atoms with E-state index in [0.29, 0.717) is 18.1 Å². The van der Waals surface area contributed by atoms with Crippen molar-refractivity contribution in [1.82, 2.24) is 0 Å². The van der Waals surface area contributed by atoms with Crippen LogP contribution in [-0.2, 0) is 9.16 Å². The molecule has 1 aliphatic carbocycles. The van der Waals surface area contributed by atoms with Gasteiger partial charge in [-0.2, -0.15) is 0 Å². The summed E-state index contributed by atoms with van der Waals surface area (Å²) in [5, 5.41) is 0. The maximum Gasteiger partial charge on any atom is 0.250 e. The summed E-state index contributed by atoms with van der Waals surface area (Å²) in [5.74, 6) is 1.82. The molecule has 18 heavy (non-hydrogen) atoms. The van der Waals surface area contributed by atoms with Crippen molar-refractivity contribution in [1.29, 1.82) is 0 Å². The largest absolute Gasteiger partial charge is 0.545 e. The Morgan fingerprint density at radius 1 is 1.17 bits per heavy atom. The minimum Gasteiger partial charge on any atom is -0.545 e. The van der Waals surface area contributed by atoms with Gasteiger partial charge in [0, 0.05) is 5.92 Å². The molecule has 2 rings (SSSR count). The van der Waals surface area contributed by atoms with Crippen molar-refractivity contribution in [3.8, 4) is 0 Å². The number of fused-ring (bicyclic) bond motifs is 1. The Balaban J connectivity index is 1.97. The molecule has 0 N–H and O–H groups in total. The van der Waals surface area contributed by atoms with Crippen LogP contribution < -0.4 is 0 Å². The first kappa shape index (κ1) is 14.1. The third-order valence-electron chi connectivity index (χ3n) is 4.76. The van der Waals surface area contributed by atoms with E-state index in [4.69, 9.17) is 9.16 Å². The van der Waals surface area contributed by atoms with E-state index in [2.05, 4.69) is 33.8 Å². The van der Waals surface area contributed by atoms with E-state index in [1.54, 1.807) is 0 Å². The standard InChI is InChI=1S/C15H28O2Si/c1-5-9-10-12-11-13(15-14(12)16-15)17-18(6-2,7-3)8-4/h11-12,14-15H,5-10H2,1-4H3/t12-,14+,15-/m1/s1. The molecule has 104 valence electrons. The van der Waals surface area contributed by atoms with Crippen molar-refractivity contribution in [2.24, 2.45) is 5.92 Å². The molecule has 0 saturated carbocycles. The third-order valence-corrected chi connectivity index (χ3v) is 9.30. The first-order valence-electron chi connectivity index (χ1n) is 7.75. The fourth-order valence-electron chi connectivity index (χ4n) is 3.08. The first-order valence-corrected chi connectivity index (χ1v) is 10.3. The molecule has 2 nitrogen and oxygen atoms in total. The van der Waals surface area contributed by atoms with Crippen LogP contribution in [0.4, 0.5) is 0 Å². The lowest BCUT2D eigenvalue weighted by atomic mass is 10.0. The predicted molar refractivity (Wildman–Crippen MR) is 78.0 cm³/mol. The second-order valence-electron chi connectivity index (χ2n) is 5.74. The molecule has 0 unspecified atom stereocenters. The van der Waals surface area contributed by atoms with E-state index >= 15 is 0 Å². The second kappa shape index (κ2) is 5.79. The maximum absolute atomic E-state index is 6.49. The normalized spacial score (nSPS) is 30.0. The van der Waals surface area contributed by atoms with E-state index in [1.807, 2.05) is 0 Å². The Hall–Kier alpha value is -0.283. The molecule has 0 amide bonds. The summed E-state index contributed by atoms with van der Waals surface area (Å²) in [6.07, 6.45) is 7.02. The van der Waals surface area contributed by atoms with Crippen LogP contribution in [0.15, 0.2) is 11.8 Å². The van der Waals surface area contributed by atoms with Gasteiger partial charge in [-0.3, -0.25) is 0 Å². The summed E-state index contributed by atoms with van der Waals surface area (Å²) >= 11 is 0. The summed E-state index contributed by atoms with van der Waals surface area (Å²) in [4.78, 5) is 0. The molecule has 0 aromatic heterocycles. The zero-order chi connectivity index (χ0) is 13.2. The Morgan fingerprint density at radius 3 is 2.39 bits per heavy atom. The molecule has 0 radical (unpaired) electrons. The minimum absolute atomic E-state index is 0.323. The summed E-state index contributed by atoms with van der Waals surface area (Å²) in [5.41, 5.74) is 0. The zero-order valence-corrected chi connectivity index (χ0v) is 13.4. The summed E-state index contributed by atoms with van der Waals surface area (Å²) in [7, 11) is -1.51. The monoisotopic (exact) mass is 268 g/mol. The molecule has 0 spiro atoms. The highest BCUT2D eigenvalue weighted by molar-refractivity contribution is 6.73. The van der Waals surface area contributed by atoms with Crippen molar-refractivity contribution in [2.45, 2.75) is 77.3 Å². The predicted octanol–water partition coefficient (Wildman–Crippen LogP) is 4.48. The van der Waals surface area contributed by atoms with Gasteiger partial charge >= 0.3 is 0 Å². The third kappa shape index (κ3) is 2.67. The Kier molecular flexibility index (Phi) is 4.54. The van der Waals surface area contributed by atoms with Gasteiger partial charge in [-0.15, -0.1) is 0 Å². The molecule has 0 aromatic rings. The first-order chi connectivity index (χ1) is 8.69. The van der Waals surface area contributed by atoms with Gasteiger partial charge in [0.05, 0.1) is 6.10 Å². The van der Waals surface area contributed by atoms with Crippen molar-refractivity contribution in [2.75, 3.05) is 0 Å². The van der Waals surface area contributed by atoms with E-state index in [-0.39, 0.29) is 0 Å². The lowest BCUT2D eigenvalue weighted by Gasteiger charge is -2.29. The molecule has 3 heteroatoms. The highest BCUT2D eigenvalue weighted by atomic mass is 28.4. The SMILES string of the molecule is CCCC[C@@H]1C=C(O[Si](CC)(CC)CC)[C@H]2O[C@H]21.